The van der Waals surface area contributed by atoms with Crippen LogP contribution in [-0.2, 0) is 13.1 Å². The van der Waals surface area contributed by atoms with Crippen LogP contribution in [0.4, 0.5) is 0 Å². The fourth-order valence-corrected chi connectivity index (χ4v) is 4.03. The van der Waals surface area contributed by atoms with E-state index in [1.165, 1.54) is 55.7 Å². The lowest BCUT2D eigenvalue weighted by Gasteiger charge is -2.31. The van der Waals surface area contributed by atoms with E-state index in [-0.39, 0.29) is 24.0 Å². The molecule has 2 N–H and O–H groups in total. The zero-order valence-electron chi connectivity index (χ0n) is 17.2. The molecule has 1 unspecified atom stereocenters. The smallest absolute Gasteiger partial charge is 0.191 e. The number of halogens is 1. The highest BCUT2D eigenvalue weighted by atomic mass is 127. The maximum atomic E-state index is 4.35. The molecule has 0 aliphatic carbocycles. The van der Waals surface area contributed by atoms with Crippen molar-refractivity contribution in [2.75, 3.05) is 38.7 Å². The number of aliphatic imine (C=N–C) groups is 1. The van der Waals surface area contributed by atoms with Crippen LogP contribution in [0.15, 0.2) is 29.3 Å². The Morgan fingerprint density at radius 2 is 2.00 bits per heavy atom. The van der Waals surface area contributed by atoms with E-state index in [1.54, 1.807) is 0 Å². The third-order valence-electron chi connectivity index (χ3n) is 4.99. The van der Waals surface area contributed by atoms with E-state index in [9.17, 15) is 0 Å². The number of likely N-dealkylation sites (tertiary alicyclic amines) is 1. The summed E-state index contributed by atoms with van der Waals surface area (Å²) in [6.45, 7) is 7.68. The summed E-state index contributed by atoms with van der Waals surface area (Å²) in [6.07, 6.45) is 7.30. The van der Waals surface area contributed by atoms with Crippen LogP contribution >= 0.6 is 35.7 Å². The second-order valence-corrected chi connectivity index (χ2v) is 8.29. The third kappa shape index (κ3) is 9.52. The highest BCUT2D eigenvalue weighted by Crippen LogP contribution is 2.19. The van der Waals surface area contributed by atoms with Crippen molar-refractivity contribution >= 4 is 41.7 Å². The van der Waals surface area contributed by atoms with Crippen LogP contribution in [0.1, 0.15) is 43.7 Å². The largest absolute Gasteiger partial charge is 0.356 e. The van der Waals surface area contributed by atoms with Crippen LogP contribution in [0.25, 0.3) is 0 Å². The molecule has 1 atom stereocenters. The van der Waals surface area contributed by atoms with Crippen LogP contribution in [0.2, 0.25) is 0 Å². The summed E-state index contributed by atoms with van der Waals surface area (Å²) in [5.41, 5.74) is 2.81. The van der Waals surface area contributed by atoms with Gasteiger partial charge in [0.05, 0.1) is 0 Å². The SMILES string of the molecule is CN=C(NCCCCSC)NCc1ccccc1CN1CCCC(C)C1.I. The lowest BCUT2D eigenvalue weighted by molar-refractivity contribution is 0.176. The summed E-state index contributed by atoms with van der Waals surface area (Å²) in [5.74, 6) is 2.95. The van der Waals surface area contributed by atoms with E-state index in [2.05, 4.69) is 58.0 Å². The first kappa shape index (κ1) is 24.6. The summed E-state index contributed by atoms with van der Waals surface area (Å²) in [7, 11) is 1.85. The summed E-state index contributed by atoms with van der Waals surface area (Å²) < 4.78 is 0. The predicted octanol–water partition coefficient (Wildman–Crippen LogP) is 4.34. The fourth-order valence-electron chi connectivity index (χ4n) is 3.53. The fraction of sp³-hybridized carbons (Fsp3) is 0.667. The average molecular weight is 505 g/mol. The minimum atomic E-state index is 0. The second kappa shape index (κ2) is 14.5. The van der Waals surface area contributed by atoms with Gasteiger partial charge in [-0.15, -0.1) is 24.0 Å². The Labute approximate surface area is 187 Å². The summed E-state index contributed by atoms with van der Waals surface area (Å²) in [6, 6.07) is 8.80. The first-order valence-electron chi connectivity index (χ1n) is 9.95. The maximum absolute atomic E-state index is 4.35. The molecule has 154 valence electrons. The van der Waals surface area contributed by atoms with Crippen LogP contribution in [0, 0.1) is 5.92 Å². The lowest BCUT2D eigenvalue weighted by atomic mass is 9.99. The zero-order chi connectivity index (χ0) is 18.6. The standard InChI is InChI=1S/C21H36N4S.HI/c1-18-9-8-13-25(16-18)17-20-11-5-4-10-19(20)15-24-21(22-2)23-12-6-7-14-26-3;/h4-5,10-11,18H,6-9,12-17H2,1-3H3,(H2,22,23,24);1H. The maximum Gasteiger partial charge on any atom is 0.191 e. The van der Waals surface area contributed by atoms with Crippen molar-refractivity contribution in [3.8, 4) is 0 Å². The van der Waals surface area contributed by atoms with E-state index in [4.69, 9.17) is 0 Å². The normalized spacial score (nSPS) is 18.0. The number of thioether (sulfide) groups is 1. The molecule has 1 heterocycles. The molecular weight excluding hydrogens is 467 g/mol. The molecule has 4 nitrogen and oxygen atoms in total. The minimum Gasteiger partial charge on any atom is -0.356 e. The molecule has 6 heteroatoms. The van der Waals surface area contributed by atoms with Gasteiger partial charge < -0.3 is 10.6 Å². The van der Waals surface area contributed by atoms with Crippen molar-refractivity contribution in [1.82, 2.24) is 15.5 Å². The Hall–Kier alpha value is -0.470. The molecule has 0 spiro atoms. The molecule has 1 aliphatic heterocycles. The summed E-state index contributed by atoms with van der Waals surface area (Å²) in [4.78, 5) is 6.96. The molecule has 0 radical (unpaired) electrons. The van der Waals surface area contributed by atoms with Crippen molar-refractivity contribution in [2.45, 2.75) is 45.7 Å². The van der Waals surface area contributed by atoms with Crippen LogP contribution in [0.5, 0.6) is 0 Å². The van der Waals surface area contributed by atoms with E-state index in [0.29, 0.717) is 0 Å². The van der Waals surface area contributed by atoms with Gasteiger partial charge in [-0.25, -0.2) is 0 Å². The number of nitrogens with zero attached hydrogens (tertiary/aromatic N) is 2. The first-order chi connectivity index (χ1) is 12.7. The lowest BCUT2D eigenvalue weighted by Crippen LogP contribution is -2.38. The van der Waals surface area contributed by atoms with E-state index < -0.39 is 0 Å². The van der Waals surface area contributed by atoms with Crippen molar-refractivity contribution in [3.05, 3.63) is 35.4 Å². The molecule has 0 bridgehead atoms. The molecule has 0 amide bonds. The van der Waals surface area contributed by atoms with Crippen molar-refractivity contribution in [1.29, 1.82) is 0 Å². The van der Waals surface area contributed by atoms with Gasteiger partial charge in [-0.05, 0) is 61.3 Å². The molecule has 0 aromatic heterocycles. The Bertz CT molecular complexity index is 553. The monoisotopic (exact) mass is 504 g/mol. The number of piperidine rings is 1. The van der Waals surface area contributed by atoms with Crippen molar-refractivity contribution < 1.29 is 0 Å². The van der Waals surface area contributed by atoms with Gasteiger partial charge in [0.2, 0.25) is 0 Å². The number of benzene rings is 1. The number of rotatable bonds is 9. The number of unbranched alkanes of at least 4 members (excludes halogenated alkanes) is 1. The minimum absolute atomic E-state index is 0. The number of nitrogens with one attached hydrogen (secondary N) is 2. The van der Waals surface area contributed by atoms with Gasteiger partial charge in [-0.2, -0.15) is 11.8 Å². The molecule has 1 aromatic rings. The van der Waals surface area contributed by atoms with Gasteiger partial charge in [0.25, 0.3) is 0 Å². The van der Waals surface area contributed by atoms with E-state index in [0.717, 1.165) is 31.5 Å². The van der Waals surface area contributed by atoms with Crippen LogP contribution in [0.3, 0.4) is 0 Å². The van der Waals surface area contributed by atoms with Crippen molar-refractivity contribution in [2.24, 2.45) is 10.9 Å². The Morgan fingerprint density at radius 3 is 2.70 bits per heavy atom. The van der Waals surface area contributed by atoms with Crippen LogP contribution < -0.4 is 10.6 Å². The average Bonchev–Trinajstić information content (AvgIpc) is 2.65. The first-order valence-corrected chi connectivity index (χ1v) is 11.3. The Kier molecular flexibility index (Phi) is 13.2. The molecule has 0 saturated carbocycles. The van der Waals surface area contributed by atoms with Gasteiger partial charge in [-0.3, -0.25) is 9.89 Å². The Morgan fingerprint density at radius 1 is 1.22 bits per heavy atom. The number of hydrogen-bond acceptors (Lipinski definition) is 3. The van der Waals surface area contributed by atoms with E-state index in [1.807, 2.05) is 18.8 Å². The van der Waals surface area contributed by atoms with Gasteiger partial charge in [0.1, 0.15) is 0 Å². The quantitative estimate of drug-likeness (QED) is 0.227. The molecular formula is C21H37IN4S. The van der Waals surface area contributed by atoms with Gasteiger partial charge in [0.15, 0.2) is 5.96 Å². The zero-order valence-corrected chi connectivity index (χ0v) is 20.3. The highest BCUT2D eigenvalue weighted by molar-refractivity contribution is 14.0. The molecule has 1 aliphatic rings. The molecule has 2 rings (SSSR count). The second-order valence-electron chi connectivity index (χ2n) is 7.30. The van der Waals surface area contributed by atoms with Crippen LogP contribution in [-0.4, -0.2) is 49.6 Å². The Balaban J connectivity index is 0.00000364. The van der Waals surface area contributed by atoms with Crippen molar-refractivity contribution in [3.63, 3.8) is 0 Å². The molecule has 27 heavy (non-hydrogen) atoms. The molecule has 1 saturated heterocycles. The van der Waals surface area contributed by atoms with Gasteiger partial charge >= 0.3 is 0 Å². The van der Waals surface area contributed by atoms with Gasteiger partial charge in [-0.1, -0.05) is 31.2 Å². The topological polar surface area (TPSA) is 39.7 Å². The number of guanidine groups is 1. The predicted molar refractivity (Wildman–Crippen MR) is 131 cm³/mol. The molecule has 1 aromatic carbocycles. The highest BCUT2D eigenvalue weighted by Gasteiger charge is 2.17. The van der Waals surface area contributed by atoms with E-state index >= 15 is 0 Å². The van der Waals surface area contributed by atoms with Gasteiger partial charge in [0, 0.05) is 33.2 Å². The third-order valence-corrected chi connectivity index (χ3v) is 5.69. The number of hydrogen-bond donors (Lipinski definition) is 2. The summed E-state index contributed by atoms with van der Waals surface area (Å²) >= 11 is 1.91. The summed E-state index contributed by atoms with van der Waals surface area (Å²) in [5, 5.41) is 6.90. The molecule has 1 fully saturated rings.